The van der Waals surface area contributed by atoms with Gasteiger partial charge in [-0.1, -0.05) is 12.1 Å². The first-order valence-corrected chi connectivity index (χ1v) is 6.78. The molecular weight excluding hydrogens is 229 g/mol. The summed E-state index contributed by atoms with van der Waals surface area (Å²) < 4.78 is 18.4. The Morgan fingerprint density at radius 2 is 2.28 bits per heavy atom. The Morgan fingerprint density at radius 1 is 1.39 bits per heavy atom. The molecule has 18 heavy (non-hydrogen) atoms. The van der Waals surface area contributed by atoms with Crippen LogP contribution in [0, 0.1) is 5.82 Å². The normalized spacial score (nSPS) is 24.1. The van der Waals surface area contributed by atoms with Crippen molar-refractivity contribution < 1.29 is 9.13 Å². The summed E-state index contributed by atoms with van der Waals surface area (Å²) in [6.07, 6.45) is 6.02. The summed E-state index contributed by atoms with van der Waals surface area (Å²) in [5.74, 6) is -0.149. The Morgan fingerprint density at radius 3 is 3.06 bits per heavy atom. The van der Waals surface area contributed by atoms with E-state index in [2.05, 4.69) is 5.32 Å². The predicted octanol–water partition coefficient (Wildman–Crippen LogP) is 2.92. The first-order chi connectivity index (χ1) is 8.78. The molecule has 3 heteroatoms. The van der Waals surface area contributed by atoms with E-state index in [0.29, 0.717) is 12.1 Å². The number of hydrogen-bond acceptors (Lipinski definition) is 2. The lowest BCUT2D eigenvalue weighted by Crippen LogP contribution is -2.37. The van der Waals surface area contributed by atoms with Gasteiger partial charge in [-0.25, -0.2) is 4.39 Å². The van der Waals surface area contributed by atoms with Gasteiger partial charge in [-0.2, -0.15) is 0 Å². The molecule has 0 bridgehead atoms. The van der Waals surface area contributed by atoms with Gasteiger partial charge in [-0.15, -0.1) is 0 Å². The summed E-state index contributed by atoms with van der Waals surface area (Å²) in [6, 6.07) is 7.40. The highest BCUT2D eigenvalue weighted by molar-refractivity contribution is 5.16. The van der Waals surface area contributed by atoms with Crippen molar-refractivity contribution in [2.24, 2.45) is 0 Å². The minimum Gasteiger partial charge on any atom is -0.381 e. The van der Waals surface area contributed by atoms with E-state index in [1.807, 2.05) is 6.07 Å². The summed E-state index contributed by atoms with van der Waals surface area (Å²) >= 11 is 0. The van der Waals surface area contributed by atoms with E-state index in [9.17, 15) is 4.39 Å². The standard InChI is InChI=1S/C15H22FNO/c1-18-15-7-3-6-14(11-15)17-9-8-12-4-2-5-13(16)10-12/h2,4-5,10,14-15,17H,3,6-9,11H2,1H3. The molecule has 0 radical (unpaired) electrons. The average Bonchev–Trinajstić information content (AvgIpc) is 2.39. The van der Waals surface area contributed by atoms with Crippen LogP contribution >= 0.6 is 0 Å². The van der Waals surface area contributed by atoms with Crippen LogP contribution in [0.3, 0.4) is 0 Å². The van der Waals surface area contributed by atoms with Crippen molar-refractivity contribution >= 4 is 0 Å². The van der Waals surface area contributed by atoms with Crippen LogP contribution in [0.15, 0.2) is 24.3 Å². The molecule has 0 amide bonds. The van der Waals surface area contributed by atoms with Crippen molar-refractivity contribution in [2.75, 3.05) is 13.7 Å². The van der Waals surface area contributed by atoms with Crippen LogP contribution in [0.5, 0.6) is 0 Å². The average molecular weight is 251 g/mol. The summed E-state index contributed by atoms with van der Waals surface area (Å²) in [6.45, 7) is 0.907. The number of rotatable bonds is 5. The number of benzene rings is 1. The Balaban J connectivity index is 1.72. The maximum absolute atomic E-state index is 13.0. The highest BCUT2D eigenvalue weighted by Crippen LogP contribution is 2.20. The molecule has 0 aromatic heterocycles. The number of halogens is 1. The Bertz CT molecular complexity index is 369. The minimum absolute atomic E-state index is 0.149. The van der Waals surface area contributed by atoms with Gasteiger partial charge in [0, 0.05) is 13.2 Å². The van der Waals surface area contributed by atoms with E-state index in [1.54, 1.807) is 19.2 Å². The van der Waals surface area contributed by atoms with E-state index < -0.39 is 0 Å². The van der Waals surface area contributed by atoms with Gasteiger partial charge in [0.15, 0.2) is 0 Å². The maximum Gasteiger partial charge on any atom is 0.123 e. The number of ether oxygens (including phenoxy) is 1. The van der Waals surface area contributed by atoms with Crippen molar-refractivity contribution in [2.45, 2.75) is 44.2 Å². The summed E-state index contributed by atoms with van der Waals surface area (Å²) in [7, 11) is 1.79. The lowest BCUT2D eigenvalue weighted by Gasteiger charge is -2.29. The van der Waals surface area contributed by atoms with Gasteiger partial charge in [0.1, 0.15) is 5.82 Å². The quantitative estimate of drug-likeness (QED) is 0.868. The SMILES string of the molecule is COC1CCCC(NCCc2cccc(F)c2)C1. The van der Waals surface area contributed by atoms with Gasteiger partial charge in [-0.05, 0) is 56.3 Å². The fourth-order valence-electron chi connectivity index (χ4n) is 2.66. The minimum atomic E-state index is -0.149. The van der Waals surface area contributed by atoms with Crippen LogP contribution in [0.25, 0.3) is 0 Å². The van der Waals surface area contributed by atoms with Crippen LogP contribution < -0.4 is 5.32 Å². The monoisotopic (exact) mass is 251 g/mol. The second-order valence-electron chi connectivity index (χ2n) is 5.06. The molecule has 0 heterocycles. The van der Waals surface area contributed by atoms with Gasteiger partial charge in [0.05, 0.1) is 6.10 Å². The number of nitrogens with one attached hydrogen (secondary N) is 1. The largest absolute Gasteiger partial charge is 0.381 e. The zero-order valence-electron chi connectivity index (χ0n) is 11.0. The van der Waals surface area contributed by atoms with Crippen LogP contribution in [0.4, 0.5) is 4.39 Å². The Hall–Kier alpha value is -0.930. The molecule has 2 atom stereocenters. The summed E-state index contributed by atoms with van der Waals surface area (Å²) in [5, 5.41) is 3.55. The molecule has 2 unspecified atom stereocenters. The molecular formula is C15H22FNO. The van der Waals surface area contributed by atoms with Gasteiger partial charge in [-0.3, -0.25) is 0 Å². The molecule has 100 valence electrons. The van der Waals surface area contributed by atoms with Crippen LogP contribution in [-0.4, -0.2) is 25.8 Å². The molecule has 0 saturated heterocycles. The van der Waals surface area contributed by atoms with Gasteiger partial charge < -0.3 is 10.1 Å². The zero-order chi connectivity index (χ0) is 12.8. The van der Waals surface area contributed by atoms with E-state index in [-0.39, 0.29) is 5.82 Å². The third kappa shape index (κ3) is 4.07. The molecule has 1 aromatic rings. The molecule has 1 aliphatic rings. The smallest absolute Gasteiger partial charge is 0.123 e. The van der Waals surface area contributed by atoms with Crippen molar-refractivity contribution in [3.05, 3.63) is 35.6 Å². The molecule has 1 aliphatic carbocycles. The highest BCUT2D eigenvalue weighted by Gasteiger charge is 2.20. The van der Waals surface area contributed by atoms with E-state index >= 15 is 0 Å². The van der Waals surface area contributed by atoms with Crippen LogP contribution in [-0.2, 0) is 11.2 Å². The fourth-order valence-corrected chi connectivity index (χ4v) is 2.66. The zero-order valence-corrected chi connectivity index (χ0v) is 11.0. The van der Waals surface area contributed by atoms with E-state index in [4.69, 9.17) is 4.74 Å². The van der Waals surface area contributed by atoms with Gasteiger partial charge in [0.2, 0.25) is 0 Å². The summed E-state index contributed by atoms with van der Waals surface area (Å²) in [5.41, 5.74) is 1.06. The lowest BCUT2D eigenvalue weighted by molar-refractivity contribution is 0.0590. The van der Waals surface area contributed by atoms with Gasteiger partial charge in [0.25, 0.3) is 0 Å². The van der Waals surface area contributed by atoms with Gasteiger partial charge >= 0.3 is 0 Å². The maximum atomic E-state index is 13.0. The lowest BCUT2D eigenvalue weighted by atomic mass is 9.93. The fraction of sp³-hybridized carbons (Fsp3) is 0.600. The van der Waals surface area contributed by atoms with Crippen molar-refractivity contribution in [3.8, 4) is 0 Å². The molecule has 0 aliphatic heterocycles. The summed E-state index contributed by atoms with van der Waals surface area (Å²) in [4.78, 5) is 0. The third-order valence-electron chi connectivity index (χ3n) is 3.70. The molecule has 1 N–H and O–H groups in total. The topological polar surface area (TPSA) is 21.3 Å². The van der Waals surface area contributed by atoms with Crippen molar-refractivity contribution in [1.29, 1.82) is 0 Å². The van der Waals surface area contributed by atoms with Crippen molar-refractivity contribution in [3.63, 3.8) is 0 Å². The van der Waals surface area contributed by atoms with E-state index in [0.717, 1.165) is 24.9 Å². The molecule has 1 fully saturated rings. The first-order valence-electron chi connectivity index (χ1n) is 6.78. The molecule has 2 nitrogen and oxygen atoms in total. The van der Waals surface area contributed by atoms with Crippen LogP contribution in [0.1, 0.15) is 31.2 Å². The second kappa shape index (κ2) is 6.86. The Labute approximate surface area is 109 Å². The molecule has 1 saturated carbocycles. The molecule has 2 rings (SSSR count). The highest BCUT2D eigenvalue weighted by atomic mass is 19.1. The first kappa shape index (κ1) is 13.5. The predicted molar refractivity (Wildman–Crippen MR) is 71.2 cm³/mol. The molecule has 1 aromatic carbocycles. The second-order valence-corrected chi connectivity index (χ2v) is 5.06. The molecule has 0 spiro atoms. The van der Waals surface area contributed by atoms with Crippen molar-refractivity contribution in [1.82, 2.24) is 5.32 Å². The third-order valence-corrected chi connectivity index (χ3v) is 3.70. The number of hydrogen-bond donors (Lipinski definition) is 1. The number of methoxy groups -OCH3 is 1. The van der Waals surface area contributed by atoms with Crippen LogP contribution in [0.2, 0.25) is 0 Å². The Kier molecular flexibility index (Phi) is 5.14. The van der Waals surface area contributed by atoms with E-state index in [1.165, 1.54) is 25.3 Å².